The van der Waals surface area contributed by atoms with E-state index in [1.54, 1.807) is 6.08 Å². The highest BCUT2D eigenvalue weighted by Gasteiger charge is 2.23. The molecule has 0 radical (unpaired) electrons. The Kier molecular flexibility index (Phi) is 5.17. The van der Waals surface area contributed by atoms with E-state index in [9.17, 15) is 9.59 Å². The van der Waals surface area contributed by atoms with Crippen molar-refractivity contribution in [2.24, 2.45) is 5.92 Å². The summed E-state index contributed by atoms with van der Waals surface area (Å²) in [6.45, 7) is 3.85. The second-order valence-corrected chi connectivity index (χ2v) is 6.30. The Bertz CT molecular complexity index is 592. The fourth-order valence-corrected chi connectivity index (χ4v) is 2.52. The molecule has 4 nitrogen and oxygen atoms in total. The van der Waals surface area contributed by atoms with E-state index in [1.165, 1.54) is 12.8 Å². The molecule has 0 bridgehead atoms. The number of hydrogen-bond donors (Lipinski definition) is 2. The van der Waals surface area contributed by atoms with E-state index in [4.69, 9.17) is 0 Å². The van der Waals surface area contributed by atoms with Crippen molar-refractivity contribution in [2.45, 2.75) is 26.7 Å². The highest BCUT2D eigenvalue weighted by atomic mass is 79.9. The van der Waals surface area contributed by atoms with Crippen molar-refractivity contribution in [2.75, 3.05) is 11.9 Å². The number of anilines is 1. The van der Waals surface area contributed by atoms with Crippen molar-refractivity contribution >= 4 is 33.4 Å². The van der Waals surface area contributed by atoms with Crippen molar-refractivity contribution in [1.29, 1.82) is 0 Å². The Balaban J connectivity index is 1.81. The van der Waals surface area contributed by atoms with Crippen LogP contribution in [0.3, 0.4) is 0 Å². The van der Waals surface area contributed by atoms with Crippen LogP contribution in [0.4, 0.5) is 5.69 Å². The van der Waals surface area contributed by atoms with Crippen LogP contribution in [0.1, 0.15) is 25.3 Å². The van der Waals surface area contributed by atoms with Gasteiger partial charge in [-0.3, -0.25) is 9.59 Å². The van der Waals surface area contributed by atoms with Crippen LogP contribution in [0.2, 0.25) is 0 Å². The smallest absolute Gasteiger partial charge is 0.244 e. The molecule has 0 aromatic heterocycles. The van der Waals surface area contributed by atoms with E-state index < -0.39 is 0 Å². The van der Waals surface area contributed by atoms with Crippen LogP contribution in [-0.4, -0.2) is 18.4 Å². The van der Waals surface area contributed by atoms with Crippen molar-refractivity contribution in [3.8, 4) is 0 Å². The maximum atomic E-state index is 11.8. The third kappa shape index (κ3) is 5.01. The van der Waals surface area contributed by atoms with Gasteiger partial charge in [0.15, 0.2) is 0 Å². The molecule has 1 fully saturated rings. The Morgan fingerprint density at radius 1 is 1.38 bits per heavy atom. The van der Waals surface area contributed by atoms with Gasteiger partial charge >= 0.3 is 0 Å². The summed E-state index contributed by atoms with van der Waals surface area (Å²) in [4.78, 5) is 23.5. The second kappa shape index (κ2) is 6.89. The zero-order chi connectivity index (χ0) is 15.4. The number of allylic oxidation sites excluding steroid dienone is 1. The largest absolute Gasteiger partial charge is 0.343 e. The summed E-state index contributed by atoms with van der Waals surface area (Å²) in [6.07, 6.45) is 3.92. The van der Waals surface area contributed by atoms with Gasteiger partial charge in [-0.25, -0.2) is 0 Å². The third-order valence-corrected chi connectivity index (χ3v) is 3.96. The van der Waals surface area contributed by atoms with Gasteiger partial charge in [0.25, 0.3) is 0 Å². The maximum absolute atomic E-state index is 11.8. The molecule has 0 saturated heterocycles. The first-order valence-electron chi connectivity index (χ1n) is 6.97. The summed E-state index contributed by atoms with van der Waals surface area (Å²) >= 11 is 3.38. The van der Waals surface area contributed by atoms with Crippen molar-refractivity contribution in [1.82, 2.24) is 5.32 Å². The zero-order valence-electron chi connectivity index (χ0n) is 12.2. The van der Waals surface area contributed by atoms with Crippen LogP contribution in [0.25, 0.3) is 0 Å². The number of rotatable bonds is 5. The molecule has 1 aromatic carbocycles. The molecule has 2 N–H and O–H groups in total. The number of halogens is 1. The van der Waals surface area contributed by atoms with Gasteiger partial charge < -0.3 is 10.6 Å². The predicted molar refractivity (Wildman–Crippen MR) is 87.0 cm³/mol. The first-order valence-corrected chi connectivity index (χ1v) is 7.77. The van der Waals surface area contributed by atoms with Gasteiger partial charge in [0, 0.05) is 16.2 Å². The molecule has 0 aliphatic heterocycles. The van der Waals surface area contributed by atoms with Gasteiger partial charge in [-0.1, -0.05) is 21.5 Å². The molecule has 0 atom stereocenters. The molecule has 2 amide bonds. The molecular weight excluding hydrogens is 332 g/mol. The SMILES string of the molecule is C/C(=C\C(=O)NCC(=O)Nc1ccc(Br)cc1C)C1CC1. The summed E-state index contributed by atoms with van der Waals surface area (Å²) in [5.41, 5.74) is 2.81. The summed E-state index contributed by atoms with van der Waals surface area (Å²) < 4.78 is 0.965. The highest BCUT2D eigenvalue weighted by molar-refractivity contribution is 9.10. The molecular formula is C16H19BrN2O2. The molecule has 0 heterocycles. The summed E-state index contributed by atoms with van der Waals surface area (Å²) in [5.74, 6) is 0.128. The van der Waals surface area contributed by atoms with Gasteiger partial charge in [0.1, 0.15) is 0 Å². The number of aryl methyl sites for hydroxylation is 1. The number of carbonyl (C=O) groups is 2. The summed E-state index contributed by atoms with van der Waals surface area (Å²) in [6, 6.07) is 5.62. The van der Waals surface area contributed by atoms with E-state index in [-0.39, 0.29) is 18.4 Å². The van der Waals surface area contributed by atoms with Gasteiger partial charge in [-0.15, -0.1) is 0 Å². The zero-order valence-corrected chi connectivity index (χ0v) is 13.8. The van der Waals surface area contributed by atoms with Crippen molar-refractivity contribution in [3.05, 3.63) is 39.9 Å². The van der Waals surface area contributed by atoms with Crippen LogP contribution in [0, 0.1) is 12.8 Å². The van der Waals surface area contributed by atoms with Gasteiger partial charge in [0.05, 0.1) is 6.54 Å². The minimum Gasteiger partial charge on any atom is -0.343 e. The van der Waals surface area contributed by atoms with E-state index in [0.717, 1.165) is 21.3 Å². The molecule has 5 heteroatoms. The van der Waals surface area contributed by atoms with E-state index >= 15 is 0 Å². The first-order chi connectivity index (χ1) is 9.95. The Morgan fingerprint density at radius 3 is 2.71 bits per heavy atom. The lowest BCUT2D eigenvalue weighted by Crippen LogP contribution is -2.32. The summed E-state index contributed by atoms with van der Waals surface area (Å²) in [7, 11) is 0. The second-order valence-electron chi connectivity index (χ2n) is 5.39. The molecule has 1 aromatic rings. The maximum Gasteiger partial charge on any atom is 0.244 e. The topological polar surface area (TPSA) is 58.2 Å². The predicted octanol–water partition coefficient (Wildman–Crippen LogP) is 3.17. The minimum atomic E-state index is -0.230. The standard InChI is InChI=1S/C16H19BrN2O2/c1-10(12-3-4-12)8-15(20)18-9-16(21)19-14-6-5-13(17)7-11(14)2/h5-8,12H,3-4,9H2,1-2H3,(H,18,20)(H,19,21)/b10-8+. The highest BCUT2D eigenvalue weighted by Crippen LogP contribution is 2.35. The fourth-order valence-electron chi connectivity index (χ4n) is 2.04. The molecule has 1 aliphatic rings. The van der Waals surface area contributed by atoms with E-state index in [0.29, 0.717) is 5.92 Å². The number of benzene rings is 1. The van der Waals surface area contributed by atoms with Crippen LogP contribution in [0.15, 0.2) is 34.3 Å². The van der Waals surface area contributed by atoms with Gasteiger partial charge in [-0.05, 0) is 56.4 Å². The van der Waals surface area contributed by atoms with Crippen LogP contribution in [0.5, 0.6) is 0 Å². The van der Waals surface area contributed by atoms with Gasteiger partial charge in [0.2, 0.25) is 11.8 Å². The molecule has 1 aliphatic carbocycles. The average Bonchev–Trinajstić information content (AvgIpc) is 3.24. The Morgan fingerprint density at radius 2 is 2.10 bits per heavy atom. The molecule has 112 valence electrons. The van der Waals surface area contributed by atoms with Crippen molar-refractivity contribution in [3.63, 3.8) is 0 Å². The fraction of sp³-hybridized carbons (Fsp3) is 0.375. The quantitative estimate of drug-likeness (QED) is 0.801. The minimum absolute atomic E-state index is 0.0250. The number of nitrogens with one attached hydrogen (secondary N) is 2. The van der Waals surface area contributed by atoms with E-state index in [1.807, 2.05) is 32.0 Å². The molecule has 21 heavy (non-hydrogen) atoms. The number of carbonyl (C=O) groups excluding carboxylic acids is 2. The molecule has 1 saturated carbocycles. The summed E-state index contributed by atoms with van der Waals surface area (Å²) in [5, 5.41) is 5.40. The van der Waals surface area contributed by atoms with Crippen LogP contribution >= 0.6 is 15.9 Å². The lowest BCUT2D eigenvalue weighted by molar-refractivity contribution is -0.121. The Hall–Kier alpha value is -1.62. The molecule has 2 rings (SSSR count). The lowest BCUT2D eigenvalue weighted by atomic mass is 10.2. The van der Waals surface area contributed by atoms with E-state index in [2.05, 4.69) is 26.6 Å². The monoisotopic (exact) mass is 350 g/mol. The lowest BCUT2D eigenvalue weighted by Gasteiger charge is -2.09. The van der Waals surface area contributed by atoms with Crippen LogP contribution in [-0.2, 0) is 9.59 Å². The Labute approximate surface area is 133 Å². The molecule has 0 unspecified atom stereocenters. The average molecular weight is 351 g/mol. The van der Waals surface area contributed by atoms with Crippen molar-refractivity contribution < 1.29 is 9.59 Å². The number of hydrogen-bond acceptors (Lipinski definition) is 2. The third-order valence-electron chi connectivity index (χ3n) is 3.47. The molecule has 0 spiro atoms. The van der Waals surface area contributed by atoms with Crippen LogP contribution < -0.4 is 10.6 Å². The first kappa shape index (κ1) is 15.8. The number of amides is 2. The van der Waals surface area contributed by atoms with Gasteiger partial charge in [-0.2, -0.15) is 0 Å². The normalized spacial score (nSPS) is 14.7.